The monoisotopic (exact) mass is 578 g/mol. The molecule has 39 heavy (non-hydrogen) atoms. The number of carbonyl (C=O) groups is 2. The Morgan fingerprint density at radius 3 is 2.49 bits per heavy atom. The van der Waals surface area contributed by atoms with Crippen LogP contribution in [0.25, 0.3) is 5.69 Å². The Labute approximate surface area is 229 Å². The fraction of sp³-hybridized carbons (Fsp3) is 0.577. The number of carbonyl (C=O) groups excluding carboxylic acids is 1. The van der Waals surface area contributed by atoms with Crippen molar-refractivity contribution in [3.05, 3.63) is 47.5 Å². The molecule has 13 heteroatoms. The molecular weight excluding hydrogens is 547 g/mol. The van der Waals surface area contributed by atoms with Gasteiger partial charge >= 0.3 is 12.1 Å². The minimum Gasteiger partial charge on any atom is -0.481 e. The Kier molecular flexibility index (Phi) is 9.98. The number of hydrogen-bond donors (Lipinski definition) is 2. The fourth-order valence-corrected chi connectivity index (χ4v) is 5.36. The first kappa shape index (κ1) is 30.8. The summed E-state index contributed by atoms with van der Waals surface area (Å²) in [6.07, 6.45) is -0.268. The number of alkyl halides is 5. The van der Waals surface area contributed by atoms with Gasteiger partial charge in [0, 0.05) is 31.1 Å². The summed E-state index contributed by atoms with van der Waals surface area (Å²) >= 11 is 0. The third-order valence-corrected chi connectivity index (χ3v) is 7.18. The standard InChI is InChI=1S/C26H31F5N4O3.ClH/c27-25(28)11-5-12-34(16-25)13-10-18(14-22(36)37)32-24(38)20-15-35(23(33-20)17-6-1-2-7-17)21-9-4-3-8-19(21)26(29,30)31;/h3-4,8-9,15,17-18H,1-2,5-7,10-14,16H2,(H,32,38)(H,36,37);1H/t18-;/m0./s1. The van der Waals surface area contributed by atoms with E-state index in [4.69, 9.17) is 0 Å². The third-order valence-electron chi connectivity index (χ3n) is 7.18. The van der Waals surface area contributed by atoms with Crippen LogP contribution in [0.4, 0.5) is 22.0 Å². The zero-order valence-corrected chi connectivity index (χ0v) is 22.0. The molecule has 2 aliphatic rings. The molecular formula is C26H32ClF5N4O3. The van der Waals surface area contributed by atoms with Crippen molar-refractivity contribution in [3.8, 4) is 5.69 Å². The highest BCUT2D eigenvalue weighted by Crippen LogP contribution is 2.38. The van der Waals surface area contributed by atoms with Gasteiger partial charge in [0.25, 0.3) is 11.8 Å². The molecule has 1 saturated heterocycles. The van der Waals surface area contributed by atoms with E-state index in [1.807, 2.05) is 0 Å². The SMILES string of the molecule is Cl.O=C(O)C[C@H](CCN1CCCC(F)(F)C1)NC(=O)c1cn(-c2ccccc2C(F)(F)F)c(C2CCCC2)n1. The highest BCUT2D eigenvalue weighted by atomic mass is 35.5. The van der Waals surface area contributed by atoms with E-state index in [1.165, 1.54) is 29.0 Å². The van der Waals surface area contributed by atoms with E-state index in [0.717, 1.165) is 31.7 Å². The molecule has 0 radical (unpaired) electrons. The number of nitrogens with zero attached hydrogens (tertiary/aromatic N) is 3. The van der Waals surface area contributed by atoms with Gasteiger partial charge in [-0.3, -0.25) is 14.5 Å². The molecule has 2 N–H and O–H groups in total. The number of nitrogens with one attached hydrogen (secondary N) is 1. The van der Waals surface area contributed by atoms with E-state index in [2.05, 4.69) is 10.3 Å². The Morgan fingerprint density at radius 1 is 1.15 bits per heavy atom. The third kappa shape index (κ3) is 7.91. The van der Waals surface area contributed by atoms with Gasteiger partial charge < -0.3 is 15.0 Å². The molecule has 1 aliphatic carbocycles. The van der Waals surface area contributed by atoms with E-state index in [9.17, 15) is 36.6 Å². The van der Waals surface area contributed by atoms with Crippen LogP contribution in [-0.4, -0.2) is 63.0 Å². The van der Waals surface area contributed by atoms with Gasteiger partial charge in [-0.1, -0.05) is 25.0 Å². The summed E-state index contributed by atoms with van der Waals surface area (Å²) in [4.78, 5) is 30.5. The van der Waals surface area contributed by atoms with Crippen LogP contribution in [0.15, 0.2) is 30.5 Å². The van der Waals surface area contributed by atoms with E-state index >= 15 is 0 Å². The Bertz CT molecular complexity index is 1150. The fourth-order valence-electron chi connectivity index (χ4n) is 5.36. The molecule has 2 fully saturated rings. The molecule has 0 unspecified atom stereocenters. The van der Waals surface area contributed by atoms with Crippen molar-refractivity contribution in [2.45, 2.75) is 75.4 Å². The molecule has 1 aliphatic heterocycles. The molecule has 7 nitrogen and oxygen atoms in total. The predicted molar refractivity (Wildman–Crippen MR) is 136 cm³/mol. The van der Waals surface area contributed by atoms with Gasteiger partial charge in [0.1, 0.15) is 11.5 Å². The van der Waals surface area contributed by atoms with Gasteiger partial charge in [0.2, 0.25) is 0 Å². The first-order chi connectivity index (χ1) is 17.9. The zero-order chi connectivity index (χ0) is 27.5. The molecule has 1 saturated carbocycles. The van der Waals surface area contributed by atoms with E-state index in [0.29, 0.717) is 18.8 Å². The summed E-state index contributed by atoms with van der Waals surface area (Å²) in [5.74, 6) is -4.46. The smallest absolute Gasteiger partial charge is 0.418 e. The van der Waals surface area contributed by atoms with Crippen molar-refractivity contribution in [1.82, 2.24) is 19.8 Å². The molecule has 2 heterocycles. The molecule has 0 bridgehead atoms. The number of halogens is 6. The number of rotatable bonds is 9. The summed E-state index contributed by atoms with van der Waals surface area (Å²) in [5, 5.41) is 11.9. The number of benzene rings is 1. The van der Waals surface area contributed by atoms with Crippen molar-refractivity contribution in [1.29, 1.82) is 0 Å². The number of carboxylic acid groups (broad SMARTS) is 1. The highest BCUT2D eigenvalue weighted by Gasteiger charge is 2.36. The summed E-state index contributed by atoms with van der Waals surface area (Å²) < 4.78 is 70.1. The van der Waals surface area contributed by atoms with Gasteiger partial charge in [-0.2, -0.15) is 13.2 Å². The number of para-hydroxylation sites is 1. The average Bonchev–Trinajstić information content (AvgIpc) is 3.51. The van der Waals surface area contributed by atoms with Crippen LogP contribution in [0.1, 0.15) is 79.2 Å². The normalized spacial score (nSPS) is 18.9. The second kappa shape index (κ2) is 12.6. The maximum atomic E-state index is 13.8. The van der Waals surface area contributed by atoms with Gasteiger partial charge in [-0.15, -0.1) is 12.4 Å². The quantitative estimate of drug-likeness (QED) is 0.375. The summed E-state index contributed by atoms with van der Waals surface area (Å²) in [6, 6.07) is 4.21. The van der Waals surface area contributed by atoms with Gasteiger partial charge in [-0.05, 0) is 44.4 Å². The lowest BCUT2D eigenvalue weighted by molar-refractivity contribution is -0.138. The van der Waals surface area contributed by atoms with Crippen molar-refractivity contribution in [2.75, 3.05) is 19.6 Å². The van der Waals surface area contributed by atoms with Crippen LogP contribution in [-0.2, 0) is 11.0 Å². The zero-order valence-electron chi connectivity index (χ0n) is 21.2. The van der Waals surface area contributed by atoms with E-state index in [-0.39, 0.29) is 49.1 Å². The molecule has 1 atom stereocenters. The average molecular weight is 579 g/mol. The maximum absolute atomic E-state index is 13.8. The van der Waals surface area contributed by atoms with Gasteiger partial charge in [0.15, 0.2) is 0 Å². The van der Waals surface area contributed by atoms with Crippen molar-refractivity contribution < 1.29 is 36.6 Å². The Morgan fingerprint density at radius 2 is 1.85 bits per heavy atom. The second-order valence-corrected chi connectivity index (χ2v) is 10.1. The molecule has 0 spiro atoms. The molecule has 1 aromatic heterocycles. The number of imidazole rings is 1. The minimum atomic E-state index is -4.62. The number of hydrogen-bond acceptors (Lipinski definition) is 4. The topological polar surface area (TPSA) is 87.5 Å². The lowest BCUT2D eigenvalue weighted by atomic mass is 10.1. The maximum Gasteiger partial charge on any atom is 0.418 e. The number of piperidine rings is 1. The summed E-state index contributed by atoms with van der Waals surface area (Å²) in [6.45, 7) is 0.208. The number of likely N-dealkylation sites (tertiary alicyclic amines) is 1. The summed E-state index contributed by atoms with van der Waals surface area (Å²) in [7, 11) is 0. The van der Waals surface area contributed by atoms with Gasteiger partial charge in [-0.25, -0.2) is 13.8 Å². The molecule has 1 aromatic carbocycles. The number of aromatic nitrogens is 2. The highest BCUT2D eigenvalue weighted by molar-refractivity contribution is 5.92. The van der Waals surface area contributed by atoms with Crippen molar-refractivity contribution in [3.63, 3.8) is 0 Å². The number of aliphatic carboxylic acids is 1. The van der Waals surface area contributed by atoms with Crippen LogP contribution in [0.3, 0.4) is 0 Å². The van der Waals surface area contributed by atoms with Crippen LogP contribution >= 0.6 is 12.4 Å². The summed E-state index contributed by atoms with van der Waals surface area (Å²) in [5.41, 5.74) is -1.11. The number of amides is 1. The van der Waals surface area contributed by atoms with Crippen LogP contribution in [0, 0.1) is 0 Å². The second-order valence-electron chi connectivity index (χ2n) is 10.1. The Hall–Kier alpha value is -2.73. The largest absolute Gasteiger partial charge is 0.481 e. The van der Waals surface area contributed by atoms with Crippen LogP contribution < -0.4 is 5.32 Å². The minimum absolute atomic E-state index is 0. The lowest BCUT2D eigenvalue weighted by Gasteiger charge is -2.33. The van der Waals surface area contributed by atoms with E-state index < -0.39 is 48.5 Å². The van der Waals surface area contributed by atoms with Gasteiger partial charge in [0.05, 0.1) is 24.2 Å². The molecule has 1 amide bonds. The van der Waals surface area contributed by atoms with Crippen LogP contribution in [0.2, 0.25) is 0 Å². The van der Waals surface area contributed by atoms with E-state index in [1.54, 1.807) is 4.90 Å². The molecule has 4 rings (SSSR count). The van der Waals surface area contributed by atoms with Crippen LogP contribution in [0.5, 0.6) is 0 Å². The first-order valence-electron chi connectivity index (χ1n) is 12.8. The van der Waals surface area contributed by atoms with Crippen molar-refractivity contribution >= 4 is 24.3 Å². The molecule has 2 aromatic rings. The predicted octanol–water partition coefficient (Wildman–Crippen LogP) is 5.66. The van der Waals surface area contributed by atoms with Crippen molar-refractivity contribution in [2.24, 2.45) is 0 Å². The number of carboxylic acids is 1. The first-order valence-corrected chi connectivity index (χ1v) is 12.8. The molecule has 216 valence electrons. The lowest BCUT2D eigenvalue weighted by Crippen LogP contribution is -2.45. The Balaban J connectivity index is 0.00000420.